The first-order valence-corrected chi connectivity index (χ1v) is 45.6. The highest BCUT2D eigenvalue weighted by molar-refractivity contribution is 5.83. The van der Waals surface area contributed by atoms with Gasteiger partial charge in [-0.2, -0.15) is 0 Å². The van der Waals surface area contributed by atoms with Crippen LogP contribution in [0.2, 0.25) is 0 Å². The van der Waals surface area contributed by atoms with Crippen LogP contribution in [0.15, 0.2) is 0 Å². The molecule has 0 aromatic heterocycles. The Morgan fingerprint density at radius 3 is 1.27 bits per heavy atom. The van der Waals surface area contributed by atoms with E-state index in [1.165, 1.54) is 0 Å². The summed E-state index contributed by atoms with van der Waals surface area (Å²) in [7, 11) is 0. The third kappa shape index (κ3) is 16.8. The lowest BCUT2D eigenvalue weighted by Gasteiger charge is -2.37. The van der Waals surface area contributed by atoms with Crippen LogP contribution in [-0.2, 0) is 119 Å². The summed E-state index contributed by atoms with van der Waals surface area (Å²) in [6, 6.07) is 0. The molecule has 12 bridgehead atoms. The molecule has 18 fully saturated rings. The number of cyclic esters (lactones) is 6. The molecule has 0 N–H and O–H groups in total. The van der Waals surface area contributed by atoms with Crippen LogP contribution in [0.5, 0.6) is 0 Å². The van der Waals surface area contributed by atoms with Gasteiger partial charge in [-0.25, -0.2) is 0 Å². The van der Waals surface area contributed by atoms with Gasteiger partial charge in [0.15, 0.2) is 0 Å². The second-order valence-corrected chi connectivity index (χ2v) is 41.7. The van der Waals surface area contributed by atoms with Crippen molar-refractivity contribution in [3.8, 4) is 0 Å². The van der Waals surface area contributed by atoms with Gasteiger partial charge in [-0.15, -0.1) is 0 Å². The quantitative estimate of drug-likeness (QED) is 0.0807. The van der Waals surface area contributed by atoms with Gasteiger partial charge in [0.05, 0.1) is 114 Å². The maximum absolute atomic E-state index is 12.3. The van der Waals surface area contributed by atoms with Gasteiger partial charge in [0.1, 0.15) is 36.6 Å². The summed E-state index contributed by atoms with van der Waals surface area (Å²) in [5.74, 6) is 3.75. The Kier molecular flexibility index (Phi) is 26.3. The summed E-state index contributed by atoms with van der Waals surface area (Å²) in [6.45, 7) is 36.9. The fourth-order valence-corrected chi connectivity index (χ4v) is 24.4. The molecule has 12 saturated carbocycles. The fourth-order valence-electron chi connectivity index (χ4n) is 24.4. The van der Waals surface area contributed by atoms with Crippen LogP contribution >= 0.6 is 0 Å². The Morgan fingerprint density at radius 1 is 0.398 bits per heavy atom. The van der Waals surface area contributed by atoms with Gasteiger partial charge in [-0.1, -0.05) is 55.4 Å². The smallest absolute Gasteiger partial charge is 0.312 e. The Bertz CT molecular complexity index is 3780. The normalized spacial score (nSPS) is 40.4. The van der Waals surface area contributed by atoms with E-state index in [0.29, 0.717) is 106 Å². The molecule has 18 aliphatic rings. The van der Waals surface area contributed by atoms with Crippen molar-refractivity contribution >= 4 is 71.6 Å². The number of carbonyl (C=O) groups excluding carboxylic acids is 12. The van der Waals surface area contributed by atoms with Gasteiger partial charge >= 0.3 is 71.6 Å². The van der Waals surface area contributed by atoms with Crippen LogP contribution in [0.4, 0.5) is 0 Å². The summed E-state index contributed by atoms with van der Waals surface area (Å²) in [5.41, 5.74) is -2.33. The third-order valence-electron chi connectivity index (χ3n) is 33.7. The minimum atomic E-state index is -0.439. The maximum atomic E-state index is 12.3. The van der Waals surface area contributed by atoms with Crippen molar-refractivity contribution in [3.63, 3.8) is 0 Å². The second-order valence-electron chi connectivity index (χ2n) is 41.7. The van der Waals surface area contributed by atoms with E-state index in [2.05, 4.69) is 0 Å². The molecular weight excluding hydrogens is 1520 g/mol. The lowest BCUT2D eigenvalue weighted by Crippen LogP contribution is -2.46. The van der Waals surface area contributed by atoms with Crippen molar-refractivity contribution in [2.45, 2.75) is 308 Å². The first kappa shape index (κ1) is 89.4. The van der Waals surface area contributed by atoms with Crippen molar-refractivity contribution in [2.75, 3.05) is 46.2 Å². The molecule has 30 unspecified atom stereocenters. The third-order valence-corrected chi connectivity index (χ3v) is 33.7. The molecule has 3 spiro atoms. The number of ether oxygens (including phenoxy) is 13. The Morgan fingerprint density at radius 2 is 0.839 bits per heavy atom. The first-order chi connectivity index (χ1) is 55.8. The number of carbonyl (C=O) groups is 12. The zero-order valence-electron chi connectivity index (χ0n) is 73.5. The molecule has 6 heterocycles. The standard InChI is InChI=1S/C16H24O5.3C16H24O4.C15H22O4.C14H20O4/c1-4-8(3)15(17)21-14-9-6-10(13(14)19-5-2)12-11(9)7-20-16(12)18;1-4-15(2,3)14(18)20-12-6-10-5-11(12)16(7-10)8-13(17)19-9-16;1-4-15(2,3)13(17)20-12-8-11-7-10(12)9-16(11)5-6-19-14(16)18;1-4-15(2,3)13(17)20-12-8-10-7-11(12)16(9-10)5-6-19-14(16)18;1-4-15(2,3)14(17)19-11-6-8-5-9(11)12-10(8)7-18-13(12)16;1-3-7(2)13(15)18-11-5-8-4-9(11)12-10(8)6-17-14(12)16/h8-14H,4-7H2,1-3H3;3*10-12H,4-9H2,1-3H3;8-12H,4-7H2,1-3H3;7-12H,3-6H2,1-2H3. The van der Waals surface area contributed by atoms with Crippen molar-refractivity contribution in [1.82, 2.24) is 0 Å². The van der Waals surface area contributed by atoms with E-state index in [4.69, 9.17) is 61.6 Å². The fraction of sp³-hybridized carbons (Fsp3) is 0.871. The molecule has 6 aliphatic heterocycles. The molecule has 18 rings (SSSR count). The maximum Gasteiger partial charge on any atom is 0.312 e. The van der Waals surface area contributed by atoms with Gasteiger partial charge in [0.25, 0.3) is 0 Å². The molecule has 30 atom stereocenters. The van der Waals surface area contributed by atoms with E-state index >= 15 is 0 Å². The van der Waals surface area contributed by atoms with Crippen LogP contribution < -0.4 is 0 Å². The van der Waals surface area contributed by atoms with Gasteiger partial charge in [-0.3, -0.25) is 57.5 Å². The Labute approximate surface area is 698 Å². The first-order valence-electron chi connectivity index (χ1n) is 45.6. The predicted octanol–water partition coefficient (Wildman–Crippen LogP) is 13.8. The molecule has 0 aromatic carbocycles. The summed E-state index contributed by atoms with van der Waals surface area (Å²) < 4.78 is 71.4. The van der Waals surface area contributed by atoms with E-state index in [0.717, 1.165) is 141 Å². The molecular formula is C93H138O25. The van der Waals surface area contributed by atoms with E-state index in [-0.39, 0.29) is 196 Å². The van der Waals surface area contributed by atoms with Crippen molar-refractivity contribution in [1.29, 1.82) is 0 Å². The summed E-state index contributed by atoms with van der Waals surface area (Å²) in [6.07, 6.45) is 19.7. The highest BCUT2D eigenvalue weighted by atomic mass is 16.6. The van der Waals surface area contributed by atoms with Crippen LogP contribution in [-0.4, -0.2) is 161 Å². The average Bonchev–Trinajstić information content (AvgIpc) is 1.58. The average molecular weight is 1660 g/mol. The van der Waals surface area contributed by atoms with Gasteiger partial charge < -0.3 is 61.6 Å². The topological polar surface area (TPSA) is 325 Å². The summed E-state index contributed by atoms with van der Waals surface area (Å²) >= 11 is 0. The van der Waals surface area contributed by atoms with Crippen LogP contribution in [0, 0.1) is 156 Å². The zero-order valence-corrected chi connectivity index (χ0v) is 73.5. The molecule has 0 amide bonds. The van der Waals surface area contributed by atoms with Crippen molar-refractivity contribution in [2.24, 2.45) is 156 Å². The molecule has 0 aromatic rings. The molecule has 118 heavy (non-hydrogen) atoms. The molecule has 25 nitrogen and oxygen atoms in total. The van der Waals surface area contributed by atoms with E-state index in [9.17, 15) is 57.5 Å². The molecule has 12 aliphatic carbocycles. The van der Waals surface area contributed by atoms with Gasteiger partial charge in [0, 0.05) is 65.3 Å². The van der Waals surface area contributed by atoms with Crippen LogP contribution in [0.25, 0.3) is 0 Å². The Balaban J connectivity index is 0.000000123. The monoisotopic (exact) mass is 1650 g/mol. The number of esters is 12. The lowest BCUT2D eigenvalue weighted by molar-refractivity contribution is -0.171. The number of fused-ring (bicyclic) bond motifs is 24. The van der Waals surface area contributed by atoms with E-state index in [1.807, 2.05) is 118 Å². The molecule has 660 valence electrons. The van der Waals surface area contributed by atoms with E-state index in [1.54, 1.807) is 0 Å². The van der Waals surface area contributed by atoms with Crippen molar-refractivity contribution in [3.05, 3.63) is 0 Å². The molecule has 25 heteroatoms. The number of hydrogen-bond donors (Lipinski definition) is 0. The predicted molar refractivity (Wildman–Crippen MR) is 424 cm³/mol. The minimum Gasteiger partial charge on any atom is -0.465 e. The highest BCUT2D eigenvalue weighted by Crippen LogP contribution is 2.65. The highest BCUT2D eigenvalue weighted by Gasteiger charge is 2.69. The summed E-state index contributed by atoms with van der Waals surface area (Å²) in [4.78, 5) is 144. The molecule has 0 radical (unpaired) electrons. The number of hydrogen-bond acceptors (Lipinski definition) is 25. The Hall–Kier alpha value is -6.40. The van der Waals surface area contributed by atoms with Crippen LogP contribution in [0.3, 0.4) is 0 Å². The molecule has 6 saturated heterocycles. The SMILES string of the molecule is CCC(C)(C)C(=O)OC1CC2CC1C1(CCOC1=O)C2.CCC(C)(C)C(=O)OC1CC2CC1C1(COC(=O)C1)C2.CCC(C)(C)C(=O)OC1CC2CC1C1C(=O)OCC21.CCC(C)(C)C(=O)OC1CC2CC1CC21CCOC1=O.CCC(C)C(=O)OC1CC2CC1C1C(=O)OCC21.CCOC1C2CC(C3COC(=O)C32)C1OC(=O)C(C)CC. The lowest BCUT2D eigenvalue weighted by atomic mass is 9.71. The van der Waals surface area contributed by atoms with Crippen molar-refractivity contribution < 1.29 is 119 Å². The minimum absolute atomic E-state index is 0.00140. The van der Waals surface area contributed by atoms with Crippen LogP contribution in [0.1, 0.15) is 265 Å². The number of rotatable bonds is 20. The summed E-state index contributed by atoms with van der Waals surface area (Å²) in [5, 5.41) is 0. The zero-order chi connectivity index (χ0) is 85.4. The van der Waals surface area contributed by atoms with Gasteiger partial charge in [-0.05, 0) is 239 Å². The van der Waals surface area contributed by atoms with Gasteiger partial charge in [0.2, 0.25) is 0 Å². The van der Waals surface area contributed by atoms with E-state index < -0.39 is 21.7 Å². The second kappa shape index (κ2) is 34.7. The largest absolute Gasteiger partial charge is 0.465 e.